The molecule has 0 saturated carbocycles. The van der Waals surface area contributed by atoms with Gasteiger partial charge in [0.25, 0.3) is 0 Å². The van der Waals surface area contributed by atoms with Crippen molar-refractivity contribution in [2.24, 2.45) is 0 Å². The minimum absolute atomic E-state index is 0.0923. The number of aliphatic hydroxyl groups excluding tert-OH is 4. The van der Waals surface area contributed by atoms with Gasteiger partial charge in [-0.25, -0.2) is 0 Å². The summed E-state index contributed by atoms with van der Waals surface area (Å²) in [6, 6.07) is 0. The van der Waals surface area contributed by atoms with Gasteiger partial charge in [-0.05, 0) is 0 Å². The molecule has 94 valence electrons. The second kappa shape index (κ2) is 5.55. The summed E-state index contributed by atoms with van der Waals surface area (Å²) in [6.45, 7) is 1.01. The van der Waals surface area contributed by atoms with E-state index in [-0.39, 0.29) is 6.42 Å². The summed E-state index contributed by atoms with van der Waals surface area (Å²) in [5.41, 5.74) is 0. The number of carbonyl (C=O) groups is 1. The first kappa shape index (κ1) is 13.3. The molecule has 1 fully saturated rings. The Labute approximate surface area is 92.2 Å². The zero-order valence-corrected chi connectivity index (χ0v) is 8.81. The van der Waals surface area contributed by atoms with E-state index in [1.807, 2.05) is 0 Å². The van der Waals surface area contributed by atoms with E-state index >= 15 is 0 Å². The SMILES string of the molecule is CCC(=O)OC1O[C@H](CO)[C@@H](O)[C@H](O)[C@H]1O. The fraction of sp³-hybridized carbons (Fsp3) is 0.889. The van der Waals surface area contributed by atoms with Crippen LogP contribution in [0.15, 0.2) is 0 Å². The molecular formula is C9H16O7. The first-order valence-electron chi connectivity index (χ1n) is 5.01. The molecule has 1 heterocycles. The highest BCUT2D eigenvalue weighted by molar-refractivity contribution is 5.69. The maximum absolute atomic E-state index is 11.0. The van der Waals surface area contributed by atoms with Crippen molar-refractivity contribution in [3.8, 4) is 0 Å². The Morgan fingerprint density at radius 2 is 1.88 bits per heavy atom. The van der Waals surface area contributed by atoms with Gasteiger partial charge in [0.1, 0.15) is 24.4 Å². The van der Waals surface area contributed by atoms with Crippen molar-refractivity contribution in [1.82, 2.24) is 0 Å². The Hall–Kier alpha value is -0.730. The van der Waals surface area contributed by atoms with Crippen LogP contribution in [-0.4, -0.2) is 63.7 Å². The highest BCUT2D eigenvalue weighted by Crippen LogP contribution is 2.22. The van der Waals surface area contributed by atoms with Crippen LogP contribution in [0.25, 0.3) is 0 Å². The lowest BCUT2D eigenvalue weighted by Gasteiger charge is -2.39. The van der Waals surface area contributed by atoms with E-state index in [0.717, 1.165) is 0 Å². The molecule has 1 aliphatic heterocycles. The van der Waals surface area contributed by atoms with Gasteiger partial charge in [0.05, 0.1) is 6.61 Å². The number of carbonyl (C=O) groups excluding carboxylic acids is 1. The molecule has 7 nitrogen and oxygen atoms in total. The van der Waals surface area contributed by atoms with Gasteiger partial charge in [-0.1, -0.05) is 6.92 Å². The number of esters is 1. The molecule has 0 spiro atoms. The molecule has 4 N–H and O–H groups in total. The molecule has 0 aromatic heterocycles. The summed E-state index contributed by atoms with van der Waals surface area (Å²) >= 11 is 0. The van der Waals surface area contributed by atoms with Crippen molar-refractivity contribution in [1.29, 1.82) is 0 Å². The number of rotatable bonds is 3. The molecule has 0 amide bonds. The summed E-state index contributed by atoms with van der Waals surface area (Å²) in [4.78, 5) is 11.0. The summed E-state index contributed by atoms with van der Waals surface area (Å²) in [7, 11) is 0. The first-order valence-corrected chi connectivity index (χ1v) is 5.01. The summed E-state index contributed by atoms with van der Waals surface area (Å²) < 4.78 is 9.66. The van der Waals surface area contributed by atoms with Gasteiger partial charge < -0.3 is 29.9 Å². The zero-order chi connectivity index (χ0) is 12.3. The minimum Gasteiger partial charge on any atom is -0.433 e. The molecule has 1 aliphatic rings. The normalized spacial score (nSPS) is 39.4. The highest BCUT2D eigenvalue weighted by Gasteiger charge is 2.45. The standard InChI is InChI=1S/C9H16O7/c1-2-5(11)16-9-8(14)7(13)6(12)4(3-10)15-9/h4,6-10,12-14H,2-3H2,1H3/t4-,6-,7+,8-,9?/m1/s1. The van der Waals surface area contributed by atoms with E-state index in [9.17, 15) is 20.1 Å². The Kier molecular flexibility index (Phi) is 4.63. The van der Waals surface area contributed by atoms with Crippen LogP contribution in [-0.2, 0) is 14.3 Å². The fourth-order valence-electron chi connectivity index (χ4n) is 1.38. The topological polar surface area (TPSA) is 116 Å². The maximum Gasteiger partial charge on any atom is 0.307 e. The smallest absolute Gasteiger partial charge is 0.307 e. The average molecular weight is 236 g/mol. The number of hydrogen-bond acceptors (Lipinski definition) is 7. The summed E-state index contributed by atoms with van der Waals surface area (Å²) in [5.74, 6) is -0.607. The highest BCUT2D eigenvalue weighted by atomic mass is 16.7. The van der Waals surface area contributed by atoms with Gasteiger partial charge in [0.15, 0.2) is 0 Å². The van der Waals surface area contributed by atoms with E-state index in [0.29, 0.717) is 0 Å². The molecule has 7 heteroatoms. The minimum atomic E-state index is -1.53. The number of ether oxygens (including phenoxy) is 2. The molecule has 5 atom stereocenters. The van der Waals surface area contributed by atoms with Crippen LogP contribution in [0.5, 0.6) is 0 Å². The molecule has 0 aromatic rings. The molecule has 0 radical (unpaired) electrons. The molecule has 16 heavy (non-hydrogen) atoms. The molecule has 0 aromatic carbocycles. The first-order chi connectivity index (χ1) is 7.51. The van der Waals surface area contributed by atoms with Crippen molar-refractivity contribution < 1.29 is 34.7 Å². The van der Waals surface area contributed by atoms with Crippen LogP contribution in [0.1, 0.15) is 13.3 Å². The van der Waals surface area contributed by atoms with E-state index in [2.05, 4.69) is 0 Å². The fourth-order valence-corrected chi connectivity index (χ4v) is 1.38. The van der Waals surface area contributed by atoms with E-state index in [4.69, 9.17) is 14.6 Å². The van der Waals surface area contributed by atoms with Crippen LogP contribution in [0.3, 0.4) is 0 Å². The van der Waals surface area contributed by atoms with Gasteiger partial charge in [0.2, 0.25) is 6.29 Å². The zero-order valence-electron chi connectivity index (χ0n) is 8.81. The van der Waals surface area contributed by atoms with Gasteiger partial charge in [-0.15, -0.1) is 0 Å². The van der Waals surface area contributed by atoms with Crippen LogP contribution in [0.4, 0.5) is 0 Å². The van der Waals surface area contributed by atoms with Crippen LogP contribution in [0.2, 0.25) is 0 Å². The van der Waals surface area contributed by atoms with Crippen LogP contribution in [0, 0.1) is 0 Å². The largest absolute Gasteiger partial charge is 0.433 e. The van der Waals surface area contributed by atoms with E-state index in [1.165, 1.54) is 0 Å². The van der Waals surface area contributed by atoms with Gasteiger partial charge in [-0.2, -0.15) is 0 Å². The lowest BCUT2D eigenvalue weighted by atomic mass is 9.99. The molecular weight excluding hydrogens is 220 g/mol. The second-order valence-electron chi connectivity index (χ2n) is 3.54. The molecule has 1 saturated heterocycles. The molecule has 0 bridgehead atoms. The quantitative estimate of drug-likeness (QED) is 0.408. The Morgan fingerprint density at radius 1 is 1.25 bits per heavy atom. The average Bonchev–Trinajstić information content (AvgIpc) is 2.29. The maximum atomic E-state index is 11.0. The predicted molar refractivity (Wildman–Crippen MR) is 50.2 cm³/mol. The summed E-state index contributed by atoms with van der Waals surface area (Å²) in [5, 5.41) is 37.1. The van der Waals surface area contributed by atoms with Crippen molar-refractivity contribution >= 4 is 5.97 Å². The van der Waals surface area contributed by atoms with Crippen LogP contribution >= 0.6 is 0 Å². The van der Waals surface area contributed by atoms with Crippen molar-refractivity contribution in [3.63, 3.8) is 0 Å². The Balaban J connectivity index is 2.67. The molecule has 0 aliphatic carbocycles. The van der Waals surface area contributed by atoms with Gasteiger partial charge >= 0.3 is 5.97 Å². The van der Waals surface area contributed by atoms with Crippen molar-refractivity contribution in [2.75, 3.05) is 6.61 Å². The Bertz CT molecular complexity index is 242. The number of hydrogen-bond donors (Lipinski definition) is 4. The molecule has 1 unspecified atom stereocenters. The molecule has 1 rings (SSSR count). The van der Waals surface area contributed by atoms with Gasteiger partial charge in [0, 0.05) is 6.42 Å². The summed E-state index contributed by atoms with van der Waals surface area (Å²) in [6.07, 6.45) is -6.85. The third kappa shape index (κ3) is 2.69. The van der Waals surface area contributed by atoms with E-state index in [1.54, 1.807) is 6.92 Å². The van der Waals surface area contributed by atoms with Crippen LogP contribution < -0.4 is 0 Å². The number of aliphatic hydroxyl groups is 4. The second-order valence-corrected chi connectivity index (χ2v) is 3.54. The van der Waals surface area contributed by atoms with Crippen molar-refractivity contribution in [2.45, 2.75) is 44.1 Å². The third-order valence-electron chi connectivity index (χ3n) is 2.38. The lowest BCUT2D eigenvalue weighted by Crippen LogP contribution is -2.59. The lowest BCUT2D eigenvalue weighted by molar-refractivity contribution is -0.292. The Morgan fingerprint density at radius 3 is 2.38 bits per heavy atom. The van der Waals surface area contributed by atoms with Crippen molar-refractivity contribution in [3.05, 3.63) is 0 Å². The van der Waals surface area contributed by atoms with E-state index < -0.39 is 43.3 Å². The van der Waals surface area contributed by atoms with Gasteiger partial charge in [-0.3, -0.25) is 4.79 Å². The third-order valence-corrected chi connectivity index (χ3v) is 2.38. The predicted octanol–water partition coefficient (Wildman–Crippen LogP) is -2.26. The monoisotopic (exact) mass is 236 g/mol.